The first-order valence-electron chi connectivity index (χ1n) is 2.98. The molecule has 0 fully saturated rings. The Morgan fingerprint density at radius 2 is 1.55 bits per heavy atom. The average Bonchev–Trinajstić information content (AvgIpc) is 2.33. The Kier molecular flexibility index (Phi) is 4.66. The van der Waals surface area contributed by atoms with Crippen molar-refractivity contribution in [2.45, 2.75) is 0 Å². The number of rotatable bonds is 0. The van der Waals surface area contributed by atoms with E-state index in [4.69, 9.17) is 0 Å². The van der Waals surface area contributed by atoms with Crippen LogP contribution in [0.5, 0.6) is 0 Å². The fourth-order valence-electron chi connectivity index (χ4n) is 0.995. The maximum absolute atomic E-state index is 3.04. The monoisotopic (exact) mass is 156 g/mol. The minimum absolute atomic E-state index is 0. The smallest absolute Gasteiger partial charge is 1.00 e. The fraction of sp³-hybridized carbons (Fsp3) is 0. The van der Waals surface area contributed by atoms with Crippen molar-refractivity contribution in [3.8, 4) is 0 Å². The first-order chi connectivity index (χ1) is 4.47. The number of aromatic amines is 1. The third-order valence-electron chi connectivity index (χ3n) is 1.47. The second kappa shape index (κ2) is 4.70. The molecule has 0 atom stereocenters. The maximum atomic E-state index is 3.04. The van der Waals surface area contributed by atoms with Crippen molar-refractivity contribution in [1.82, 2.24) is 4.98 Å². The van der Waals surface area contributed by atoms with Crippen LogP contribution in [0.2, 0.25) is 0 Å². The Balaban J connectivity index is -0.000000250. The molecular weight excluding hydrogens is 144 g/mol. The van der Waals surface area contributed by atoms with E-state index in [1.807, 2.05) is 24.5 Å². The molecule has 0 aliphatic carbocycles. The number of nitrogens with one attached hydrogen (secondary N) is 1. The zero-order valence-corrected chi connectivity index (χ0v) is 5.96. The van der Waals surface area contributed by atoms with Crippen molar-refractivity contribution >= 4 is 28.1 Å². The van der Waals surface area contributed by atoms with E-state index in [1.54, 1.807) is 0 Å². The molecule has 2 rings (SSSR count). The van der Waals surface area contributed by atoms with Crippen LogP contribution in [0, 0.1) is 0 Å². The van der Waals surface area contributed by atoms with E-state index in [-0.39, 0.29) is 39.1 Å². The second-order valence-corrected chi connectivity index (χ2v) is 2.08. The molecule has 0 spiro atoms. The van der Waals surface area contributed by atoms with E-state index in [0.29, 0.717) is 0 Å². The fourth-order valence-corrected chi connectivity index (χ4v) is 0.995. The number of hydrogen-bond donors (Lipinski definition) is 1. The Bertz CT molecular complexity index is 296. The molecule has 3 heteroatoms. The maximum Gasteiger partial charge on any atom is 1.00 e. The molecule has 1 N–H and O–H groups in total. The van der Waals surface area contributed by atoms with Gasteiger partial charge in [-0.05, 0) is 10.8 Å². The molecule has 0 saturated carbocycles. The van der Waals surface area contributed by atoms with E-state index >= 15 is 0 Å². The summed E-state index contributed by atoms with van der Waals surface area (Å²) in [5, 5.41) is 2.55. The topological polar surface area (TPSA) is 15.8 Å². The van der Waals surface area contributed by atoms with Crippen molar-refractivity contribution in [3.05, 3.63) is 36.7 Å². The van der Waals surface area contributed by atoms with Gasteiger partial charge >= 0.3 is 20.3 Å². The number of aromatic nitrogens is 1. The zero-order valence-electron chi connectivity index (χ0n) is 7.96. The van der Waals surface area contributed by atoms with Crippen LogP contribution in [0.3, 0.4) is 0 Å². The van der Waals surface area contributed by atoms with Gasteiger partial charge in [-0.1, -0.05) is 24.3 Å². The van der Waals surface area contributed by atoms with Crippen LogP contribution in [-0.2, 0) is 0 Å². The Labute approximate surface area is 91.5 Å². The van der Waals surface area contributed by atoms with Gasteiger partial charge in [-0.3, -0.25) is 0 Å². The summed E-state index contributed by atoms with van der Waals surface area (Å²) in [6.07, 6.45) is 3.99. The summed E-state index contributed by atoms with van der Waals surface area (Å²) in [6, 6.07) is 8.25. The van der Waals surface area contributed by atoms with E-state index in [1.165, 1.54) is 10.8 Å². The normalized spacial score (nSPS) is 8.36. The molecule has 0 radical (unpaired) electrons. The van der Waals surface area contributed by atoms with Crippen molar-refractivity contribution in [2.24, 2.45) is 0 Å². The summed E-state index contributed by atoms with van der Waals surface area (Å²) in [6.45, 7) is 0. The predicted octanol–water partition coefficient (Wildman–Crippen LogP) is -1.79. The summed E-state index contributed by atoms with van der Waals surface area (Å²) in [7, 11) is 0. The summed E-state index contributed by atoms with van der Waals surface area (Å²) < 4.78 is 0. The van der Waals surface area contributed by atoms with Crippen LogP contribution in [-0.4, -0.2) is 22.3 Å². The standard InChI is InChI=1S/C8H7N.Al.Li.4H/c1-2-4-8-6-9-5-7(8)3-1;;;;;;/h1-6,9H;;;;;;/q;;+1;;;;-1/p+1. The Morgan fingerprint density at radius 1 is 1.09 bits per heavy atom. The molecule has 11 heavy (non-hydrogen) atoms. The molecule has 0 aliphatic rings. The van der Waals surface area contributed by atoms with Gasteiger partial charge in [0, 0.05) is 12.4 Å². The predicted molar refractivity (Wildman–Crippen MR) is 50.5 cm³/mol. The van der Waals surface area contributed by atoms with Crippen LogP contribution in [0.4, 0.5) is 0 Å². The molecular formula is C8H12AlLiN+. The molecule has 1 heterocycles. The number of H-pyrrole nitrogens is 1. The van der Waals surface area contributed by atoms with Crippen LogP contribution in [0.25, 0.3) is 10.8 Å². The van der Waals surface area contributed by atoms with Crippen molar-refractivity contribution in [3.63, 3.8) is 0 Å². The molecule has 0 unspecified atom stereocenters. The summed E-state index contributed by atoms with van der Waals surface area (Å²) in [5.41, 5.74) is 0. The summed E-state index contributed by atoms with van der Waals surface area (Å²) >= 11 is 0. The zero-order chi connectivity index (χ0) is 6.10. The summed E-state index contributed by atoms with van der Waals surface area (Å²) in [4.78, 5) is 3.04. The SMILES string of the molecule is [AlH3].[H+].[H-].[Li+].c1ccc2c[nH]cc2c1. The van der Waals surface area contributed by atoms with Crippen molar-refractivity contribution in [2.75, 3.05) is 0 Å². The van der Waals surface area contributed by atoms with Gasteiger partial charge in [-0.15, -0.1) is 0 Å². The Hall–Kier alpha value is -0.110. The van der Waals surface area contributed by atoms with Gasteiger partial charge in [0.25, 0.3) is 0 Å². The van der Waals surface area contributed by atoms with Gasteiger partial charge < -0.3 is 6.41 Å². The minimum Gasteiger partial charge on any atom is -1.00 e. The van der Waals surface area contributed by atoms with Gasteiger partial charge in [-0.25, -0.2) is 0 Å². The largest absolute Gasteiger partial charge is 1.00 e. The third-order valence-corrected chi connectivity index (χ3v) is 1.47. The molecule has 0 bridgehead atoms. The third kappa shape index (κ3) is 2.16. The quantitative estimate of drug-likeness (QED) is 0.434. The molecule has 0 saturated heterocycles. The molecule has 0 aliphatic heterocycles. The van der Waals surface area contributed by atoms with E-state index < -0.39 is 0 Å². The van der Waals surface area contributed by atoms with E-state index in [9.17, 15) is 0 Å². The first kappa shape index (κ1) is 10.9. The van der Waals surface area contributed by atoms with Gasteiger partial charge in [0.2, 0.25) is 0 Å². The Morgan fingerprint density at radius 3 is 2.00 bits per heavy atom. The molecule has 1 aromatic heterocycles. The van der Waals surface area contributed by atoms with Crippen LogP contribution in [0.1, 0.15) is 2.85 Å². The summed E-state index contributed by atoms with van der Waals surface area (Å²) in [5.74, 6) is 0. The minimum atomic E-state index is 0. The molecule has 2 aromatic rings. The van der Waals surface area contributed by atoms with Crippen molar-refractivity contribution in [1.29, 1.82) is 0 Å². The molecule has 0 amide bonds. The second-order valence-electron chi connectivity index (χ2n) is 2.08. The van der Waals surface area contributed by atoms with Gasteiger partial charge in [0.15, 0.2) is 17.4 Å². The van der Waals surface area contributed by atoms with E-state index in [2.05, 4.69) is 17.1 Å². The van der Waals surface area contributed by atoms with Gasteiger partial charge in [-0.2, -0.15) is 0 Å². The van der Waals surface area contributed by atoms with E-state index in [0.717, 1.165) is 0 Å². The van der Waals surface area contributed by atoms with Crippen LogP contribution < -0.4 is 18.9 Å². The average molecular weight is 156 g/mol. The number of hydrogen-bond acceptors (Lipinski definition) is 0. The van der Waals surface area contributed by atoms with Gasteiger partial charge in [0.05, 0.1) is 0 Å². The number of benzene rings is 1. The van der Waals surface area contributed by atoms with Crippen LogP contribution >= 0.6 is 0 Å². The molecule has 1 aromatic carbocycles. The molecule has 1 nitrogen and oxygen atoms in total. The first-order valence-corrected chi connectivity index (χ1v) is 2.98. The van der Waals surface area contributed by atoms with Gasteiger partial charge in [0.1, 0.15) is 0 Å². The molecule has 52 valence electrons. The van der Waals surface area contributed by atoms with Crippen molar-refractivity contribution < 1.29 is 21.7 Å². The number of fused-ring (bicyclic) bond motifs is 1. The van der Waals surface area contributed by atoms with Crippen LogP contribution in [0.15, 0.2) is 36.7 Å².